The van der Waals surface area contributed by atoms with E-state index in [9.17, 15) is 9.59 Å². The predicted octanol–water partition coefficient (Wildman–Crippen LogP) is 2.60. The van der Waals surface area contributed by atoms with Gasteiger partial charge in [0, 0.05) is 12.1 Å². The molecule has 2 N–H and O–H groups in total. The van der Waals surface area contributed by atoms with Crippen LogP contribution >= 0.6 is 0 Å². The highest BCUT2D eigenvalue weighted by Crippen LogP contribution is 2.19. The average Bonchev–Trinajstić information content (AvgIpc) is 2.26. The average molecular weight is 255 g/mol. The molecule has 0 aliphatic carbocycles. The van der Waals surface area contributed by atoms with Gasteiger partial charge >= 0.3 is 5.97 Å². The summed E-state index contributed by atoms with van der Waals surface area (Å²) in [5.74, 6) is -0.615. The number of carbonyl (C=O) groups excluding carboxylic acids is 1. The quantitative estimate of drug-likeness (QED) is 0.717. The Hall–Kier alpha value is -1.32. The van der Waals surface area contributed by atoms with Gasteiger partial charge in [0.05, 0.1) is 5.41 Å². The molecule has 18 heavy (non-hydrogen) atoms. The van der Waals surface area contributed by atoms with Gasteiger partial charge in [-0.2, -0.15) is 0 Å². The van der Waals surface area contributed by atoms with Gasteiger partial charge in [-0.25, -0.2) is 0 Å². The number of hydrogen-bond acceptors (Lipinski definition) is 2. The molecule has 0 aliphatic heterocycles. The number of rotatable bonds is 6. The number of hydrogen-bond donors (Lipinski definition) is 2. The van der Waals surface area contributed by atoms with Crippen LogP contribution in [0.4, 0.5) is 0 Å². The summed E-state index contributed by atoms with van der Waals surface area (Å²) in [5.41, 5.74) is 0.973. The molecule has 0 saturated carbocycles. The van der Waals surface area contributed by atoms with Crippen LogP contribution in [0.2, 0.25) is 0 Å². The molecule has 0 bridgehead atoms. The molecule has 4 nitrogen and oxygen atoms in total. The zero-order chi connectivity index (χ0) is 14.5. The summed E-state index contributed by atoms with van der Waals surface area (Å²) in [6, 6.07) is 0. The summed E-state index contributed by atoms with van der Waals surface area (Å²) in [5, 5.41) is 11.7. The second-order valence-electron chi connectivity index (χ2n) is 5.66. The predicted molar refractivity (Wildman–Crippen MR) is 72.3 cm³/mol. The standard InChI is InChI=1S/C14H25NO3/c1-9(2)10(3)11(4)12(16)15-8-7-14(5,6)13(17)18/h9H,7-8H2,1-6H3,(H,15,16)(H,17,18). The van der Waals surface area contributed by atoms with Gasteiger partial charge in [-0.05, 0) is 40.0 Å². The van der Waals surface area contributed by atoms with E-state index in [1.807, 2.05) is 20.8 Å². The molecule has 0 spiro atoms. The van der Waals surface area contributed by atoms with E-state index < -0.39 is 11.4 Å². The minimum absolute atomic E-state index is 0.109. The van der Waals surface area contributed by atoms with Crippen LogP contribution in [-0.4, -0.2) is 23.5 Å². The Morgan fingerprint density at radius 3 is 2.11 bits per heavy atom. The highest BCUT2D eigenvalue weighted by Gasteiger charge is 2.26. The van der Waals surface area contributed by atoms with Crippen LogP contribution in [0.1, 0.15) is 48.0 Å². The summed E-state index contributed by atoms with van der Waals surface area (Å²) in [6.45, 7) is 11.5. The van der Waals surface area contributed by atoms with Crippen molar-refractivity contribution >= 4 is 11.9 Å². The Kier molecular flexibility index (Phi) is 6.09. The van der Waals surface area contributed by atoms with Gasteiger partial charge in [0.25, 0.3) is 0 Å². The molecule has 0 aromatic heterocycles. The zero-order valence-corrected chi connectivity index (χ0v) is 12.3. The SMILES string of the molecule is CC(C(=O)NCCC(C)(C)C(=O)O)=C(C)C(C)C. The van der Waals surface area contributed by atoms with Crippen molar-refractivity contribution in [2.75, 3.05) is 6.54 Å². The van der Waals surface area contributed by atoms with Gasteiger partial charge in [0.15, 0.2) is 0 Å². The molecular formula is C14H25NO3. The lowest BCUT2D eigenvalue weighted by molar-refractivity contribution is -0.147. The number of aliphatic carboxylic acids is 1. The Morgan fingerprint density at radius 1 is 1.22 bits per heavy atom. The fourth-order valence-corrected chi connectivity index (χ4v) is 1.34. The van der Waals surface area contributed by atoms with Crippen molar-refractivity contribution in [1.29, 1.82) is 0 Å². The monoisotopic (exact) mass is 255 g/mol. The third kappa shape index (κ3) is 4.90. The zero-order valence-electron chi connectivity index (χ0n) is 12.3. The van der Waals surface area contributed by atoms with Gasteiger partial charge in [0.2, 0.25) is 5.91 Å². The van der Waals surface area contributed by atoms with Crippen LogP contribution in [0.25, 0.3) is 0 Å². The fraction of sp³-hybridized carbons (Fsp3) is 0.714. The molecule has 0 fully saturated rings. The van der Waals surface area contributed by atoms with Crippen LogP contribution in [0.3, 0.4) is 0 Å². The summed E-state index contributed by atoms with van der Waals surface area (Å²) in [6.07, 6.45) is 0.419. The minimum Gasteiger partial charge on any atom is -0.481 e. The molecule has 0 heterocycles. The largest absolute Gasteiger partial charge is 0.481 e. The van der Waals surface area contributed by atoms with Gasteiger partial charge in [0.1, 0.15) is 0 Å². The maximum Gasteiger partial charge on any atom is 0.309 e. The maximum atomic E-state index is 11.8. The number of allylic oxidation sites excluding steroid dienone is 1. The van der Waals surface area contributed by atoms with Gasteiger partial charge in [-0.1, -0.05) is 19.4 Å². The molecule has 104 valence electrons. The van der Waals surface area contributed by atoms with Crippen LogP contribution in [0, 0.1) is 11.3 Å². The van der Waals surface area contributed by atoms with Crippen molar-refractivity contribution in [3.05, 3.63) is 11.1 Å². The van der Waals surface area contributed by atoms with Crippen molar-refractivity contribution < 1.29 is 14.7 Å². The van der Waals surface area contributed by atoms with Crippen LogP contribution in [0.15, 0.2) is 11.1 Å². The maximum absolute atomic E-state index is 11.8. The van der Waals surface area contributed by atoms with E-state index in [2.05, 4.69) is 5.32 Å². The topological polar surface area (TPSA) is 66.4 Å². The Labute approximate surface area is 109 Å². The Balaban J connectivity index is 4.38. The minimum atomic E-state index is -0.845. The number of carbonyl (C=O) groups is 2. The number of carboxylic acid groups (broad SMARTS) is 1. The molecule has 0 aromatic rings. The number of carboxylic acids is 1. The molecule has 0 aromatic carbocycles. The van der Waals surface area contributed by atoms with E-state index in [0.717, 1.165) is 11.1 Å². The van der Waals surface area contributed by atoms with Crippen molar-refractivity contribution in [1.82, 2.24) is 5.32 Å². The third-order valence-electron chi connectivity index (χ3n) is 3.41. The lowest BCUT2D eigenvalue weighted by atomic mass is 9.89. The smallest absolute Gasteiger partial charge is 0.309 e. The van der Waals surface area contributed by atoms with Crippen molar-refractivity contribution in [2.45, 2.75) is 48.0 Å². The number of nitrogens with one attached hydrogen (secondary N) is 1. The molecule has 0 aliphatic rings. The molecule has 0 rings (SSSR count). The van der Waals surface area contributed by atoms with Gasteiger partial charge in [-0.15, -0.1) is 0 Å². The van der Waals surface area contributed by atoms with Crippen molar-refractivity contribution in [3.8, 4) is 0 Å². The molecule has 0 radical (unpaired) electrons. The second-order valence-corrected chi connectivity index (χ2v) is 5.66. The highest BCUT2D eigenvalue weighted by atomic mass is 16.4. The first-order valence-corrected chi connectivity index (χ1v) is 6.28. The van der Waals surface area contributed by atoms with E-state index in [0.29, 0.717) is 18.9 Å². The summed E-state index contributed by atoms with van der Waals surface area (Å²) >= 11 is 0. The van der Waals surface area contributed by atoms with Crippen molar-refractivity contribution in [3.63, 3.8) is 0 Å². The summed E-state index contributed by atoms with van der Waals surface area (Å²) in [4.78, 5) is 22.7. The van der Waals surface area contributed by atoms with E-state index >= 15 is 0 Å². The van der Waals surface area contributed by atoms with Gasteiger partial charge in [-0.3, -0.25) is 9.59 Å². The van der Waals surface area contributed by atoms with E-state index in [4.69, 9.17) is 5.11 Å². The third-order valence-corrected chi connectivity index (χ3v) is 3.41. The van der Waals surface area contributed by atoms with E-state index in [-0.39, 0.29) is 5.91 Å². The van der Waals surface area contributed by atoms with Gasteiger partial charge < -0.3 is 10.4 Å². The van der Waals surface area contributed by atoms with Crippen LogP contribution < -0.4 is 5.32 Å². The fourth-order valence-electron chi connectivity index (χ4n) is 1.34. The van der Waals surface area contributed by atoms with Crippen molar-refractivity contribution in [2.24, 2.45) is 11.3 Å². The Morgan fingerprint density at radius 2 is 1.72 bits per heavy atom. The first-order chi connectivity index (χ1) is 8.09. The van der Waals surface area contributed by atoms with Crippen LogP contribution in [0.5, 0.6) is 0 Å². The van der Waals surface area contributed by atoms with E-state index in [1.54, 1.807) is 20.8 Å². The molecular weight excluding hydrogens is 230 g/mol. The summed E-state index contributed by atoms with van der Waals surface area (Å²) in [7, 11) is 0. The molecule has 0 saturated heterocycles. The molecule has 0 unspecified atom stereocenters. The lowest BCUT2D eigenvalue weighted by Gasteiger charge is -2.19. The lowest BCUT2D eigenvalue weighted by Crippen LogP contribution is -2.32. The number of amides is 1. The molecule has 4 heteroatoms. The summed E-state index contributed by atoms with van der Waals surface area (Å²) < 4.78 is 0. The normalized spacial score (nSPS) is 13.3. The first kappa shape index (κ1) is 16.7. The second kappa shape index (κ2) is 6.57. The first-order valence-electron chi connectivity index (χ1n) is 6.28. The molecule has 1 amide bonds. The molecule has 0 atom stereocenters. The highest BCUT2D eigenvalue weighted by molar-refractivity contribution is 5.93. The Bertz CT molecular complexity index is 354. The van der Waals surface area contributed by atoms with Crippen LogP contribution in [-0.2, 0) is 9.59 Å². The van der Waals surface area contributed by atoms with E-state index in [1.165, 1.54) is 0 Å².